The Bertz CT molecular complexity index is 956. The van der Waals surface area contributed by atoms with Crippen molar-refractivity contribution in [2.75, 3.05) is 44.7 Å². The van der Waals surface area contributed by atoms with Crippen LogP contribution >= 0.6 is 0 Å². The van der Waals surface area contributed by atoms with Crippen molar-refractivity contribution in [2.24, 2.45) is 0 Å². The zero-order chi connectivity index (χ0) is 22.6. The molecular formula is C27H35N3O3. The van der Waals surface area contributed by atoms with E-state index in [1.54, 1.807) is 0 Å². The Morgan fingerprint density at radius 1 is 1.03 bits per heavy atom. The fourth-order valence-corrected chi connectivity index (χ4v) is 5.22. The first-order valence-electron chi connectivity index (χ1n) is 12.4. The Hall–Kier alpha value is -2.73. The summed E-state index contributed by atoms with van der Waals surface area (Å²) in [5.74, 6) is 1.70. The molecule has 2 fully saturated rings. The minimum atomic E-state index is -0.0782. The highest BCUT2D eigenvalue weighted by Gasteiger charge is 2.27. The quantitative estimate of drug-likeness (QED) is 0.751. The number of benzene rings is 2. The number of amides is 1. The summed E-state index contributed by atoms with van der Waals surface area (Å²) in [6, 6.07) is 13.9. The topological polar surface area (TPSA) is 54.0 Å². The maximum atomic E-state index is 12.9. The number of hydrogen-bond donors (Lipinski definition) is 1. The van der Waals surface area contributed by atoms with E-state index in [0.29, 0.717) is 18.6 Å². The van der Waals surface area contributed by atoms with Crippen molar-refractivity contribution in [3.05, 3.63) is 53.6 Å². The van der Waals surface area contributed by atoms with Crippen molar-refractivity contribution < 1.29 is 14.3 Å². The molecule has 1 amide bonds. The zero-order valence-corrected chi connectivity index (χ0v) is 19.6. The SMILES string of the molecule is CN1CCC[C@H](Oc2cccc3c2CC(NC(=O)c2ccc(N4CCCCC4)cc2)CO3)C1. The van der Waals surface area contributed by atoms with Crippen LogP contribution < -0.4 is 19.7 Å². The van der Waals surface area contributed by atoms with Crippen LogP contribution in [0, 0.1) is 0 Å². The van der Waals surface area contributed by atoms with Gasteiger partial charge in [-0.25, -0.2) is 0 Å². The van der Waals surface area contributed by atoms with Crippen molar-refractivity contribution in [1.82, 2.24) is 10.2 Å². The molecule has 0 aromatic heterocycles. The molecule has 3 heterocycles. The predicted octanol–water partition coefficient (Wildman–Crippen LogP) is 3.88. The molecule has 0 bridgehead atoms. The van der Waals surface area contributed by atoms with Crippen molar-refractivity contribution in [3.63, 3.8) is 0 Å². The van der Waals surface area contributed by atoms with Gasteiger partial charge in [-0.15, -0.1) is 0 Å². The molecule has 6 heteroatoms. The minimum Gasteiger partial charge on any atom is -0.491 e. The number of likely N-dealkylation sites (tertiary alicyclic amines) is 1. The van der Waals surface area contributed by atoms with Crippen molar-refractivity contribution in [1.29, 1.82) is 0 Å². The van der Waals surface area contributed by atoms with E-state index in [1.165, 1.54) is 24.9 Å². The first kappa shape index (κ1) is 22.1. The van der Waals surface area contributed by atoms with Crippen LogP contribution in [-0.2, 0) is 6.42 Å². The summed E-state index contributed by atoms with van der Waals surface area (Å²) in [6.45, 7) is 4.75. The highest BCUT2D eigenvalue weighted by molar-refractivity contribution is 5.94. The Balaban J connectivity index is 1.22. The van der Waals surface area contributed by atoms with Crippen LogP contribution in [0.5, 0.6) is 11.5 Å². The number of fused-ring (bicyclic) bond motifs is 1. The van der Waals surface area contributed by atoms with E-state index in [4.69, 9.17) is 9.47 Å². The molecule has 2 aromatic carbocycles. The van der Waals surface area contributed by atoms with E-state index >= 15 is 0 Å². The summed E-state index contributed by atoms with van der Waals surface area (Å²) >= 11 is 0. The molecule has 3 aliphatic heterocycles. The third-order valence-electron chi connectivity index (χ3n) is 7.04. The maximum Gasteiger partial charge on any atom is 0.251 e. The lowest BCUT2D eigenvalue weighted by molar-refractivity contribution is 0.0905. The van der Waals surface area contributed by atoms with Gasteiger partial charge in [-0.2, -0.15) is 0 Å². The van der Waals surface area contributed by atoms with Gasteiger partial charge in [0.15, 0.2) is 0 Å². The number of nitrogens with zero attached hydrogens (tertiary/aromatic N) is 2. The molecular weight excluding hydrogens is 414 g/mol. The Kier molecular flexibility index (Phi) is 6.72. The molecule has 0 aliphatic carbocycles. The Morgan fingerprint density at radius 2 is 1.85 bits per heavy atom. The summed E-state index contributed by atoms with van der Waals surface area (Å²) < 4.78 is 12.4. The molecule has 5 rings (SSSR count). The average Bonchev–Trinajstić information content (AvgIpc) is 2.85. The average molecular weight is 450 g/mol. The number of hydrogen-bond acceptors (Lipinski definition) is 5. The third kappa shape index (κ3) is 5.27. The van der Waals surface area contributed by atoms with Crippen molar-refractivity contribution in [3.8, 4) is 11.5 Å². The van der Waals surface area contributed by atoms with Crippen LogP contribution in [0.3, 0.4) is 0 Å². The van der Waals surface area contributed by atoms with E-state index in [-0.39, 0.29) is 18.1 Å². The number of ether oxygens (including phenoxy) is 2. The Morgan fingerprint density at radius 3 is 2.64 bits per heavy atom. The smallest absolute Gasteiger partial charge is 0.251 e. The second-order valence-electron chi connectivity index (χ2n) is 9.66. The molecule has 2 saturated heterocycles. The van der Waals surface area contributed by atoms with Crippen LogP contribution in [0.15, 0.2) is 42.5 Å². The molecule has 6 nitrogen and oxygen atoms in total. The van der Waals surface area contributed by atoms with Gasteiger partial charge in [0.1, 0.15) is 24.2 Å². The molecule has 3 aliphatic rings. The molecule has 0 radical (unpaired) electrons. The molecule has 0 saturated carbocycles. The fourth-order valence-electron chi connectivity index (χ4n) is 5.22. The first-order valence-corrected chi connectivity index (χ1v) is 12.4. The van der Waals surface area contributed by atoms with E-state index < -0.39 is 0 Å². The van der Waals surface area contributed by atoms with Gasteiger partial charge >= 0.3 is 0 Å². The highest BCUT2D eigenvalue weighted by Crippen LogP contribution is 2.34. The van der Waals surface area contributed by atoms with Gasteiger partial charge in [0.2, 0.25) is 0 Å². The molecule has 2 aromatic rings. The van der Waals surface area contributed by atoms with Gasteiger partial charge in [0.25, 0.3) is 5.91 Å². The summed E-state index contributed by atoms with van der Waals surface area (Å²) in [6.07, 6.45) is 6.94. The molecule has 176 valence electrons. The van der Waals surface area contributed by atoms with Crippen LogP contribution in [0.4, 0.5) is 5.69 Å². The van der Waals surface area contributed by atoms with E-state index in [9.17, 15) is 4.79 Å². The number of carbonyl (C=O) groups excluding carboxylic acids is 1. The fraction of sp³-hybridized carbons (Fsp3) is 0.519. The first-order chi connectivity index (χ1) is 16.2. The lowest BCUT2D eigenvalue weighted by Crippen LogP contribution is -2.43. The Labute approximate surface area is 196 Å². The summed E-state index contributed by atoms with van der Waals surface area (Å²) in [5.41, 5.74) is 2.95. The normalized spacial score (nSPS) is 23.4. The number of nitrogens with one attached hydrogen (secondary N) is 1. The molecule has 0 spiro atoms. The number of rotatable bonds is 5. The second-order valence-corrected chi connectivity index (χ2v) is 9.66. The molecule has 33 heavy (non-hydrogen) atoms. The van der Waals surface area contributed by atoms with Crippen LogP contribution in [0.25, 0.3) is 0 Å². The number of carbonyl (C=O) groups is 1. The van der Waals surface area contributed by atoms with Crippen LogP contribution in [-0.4, -0.2) is 62.8 Å². The highest BCUT2D eigenvalue weighted by atomic mass is 16.5. The predicted molar refractivity (Wildman–Crippen MR) is 131 cm³/mol. The van der Waals surface area contributed by atoms with Gasteiger partial charge in [-0.05, 0) is 82.1 Å². The monoisotopic (exact) mass is 449 g/mol. The third-order valence-corrected chi connectivity index (χ3v) is 7.04. The van der Waals surface area contributed by atoms with Crippen molar-refractivity contribution >= 4 is 11.6 Å². The number of piperidine rings is 2. The summed E-state index contributed by atoms with van der Waals surface area (Å²) in [5, 5.41) is 3.17. The summed E-state index contributed by atoms with van der Waals surface area (Å²) in [4.78, 5) is 17.7. The van der Waals surface area contributed by atoms with E-state index in [2.05, 4.69) is 34.3 Å². The summed E-state index contributed by atoms with van der Waals surface area (Å²) in [7, 11) is 2.14. The molecule has 1 unspecified atom stereocenters. The van der Waals surface area contributed by atoms with Crippen LogP contribution in [0.1, 0.15) is 48.0 Å². The lowest BCUT2D eigenvalue weighted by Gasteiger charge is -2.32. The van der Waals surface area contributed by atoms with Crippen molar-refractivity contribution in [2.45, 2.75) is 50.7 Å². The standard InChI is InChI=1S/C27H35N3O3/c1-29-14-6-7-23(18-29)33-26-9-5-8-25-24(26)17-21(19-32-25)28-27(31)20-10-12-22(13-11-20)30-15-3-2-4-16-30/h5,8-13,21,23H,2-4,6-7,14-19H2,1H3,(H,28,31)/t21?,23-/m0/s1. The maximum absolute atomic E-state index is 12.9. The van der Waals surface area contributed by atoms with E-state index in [0.717, 1.165) is 56.1 Å². The van der Waals surface area contributed by atoms with Gasteiger partial charge in [-0.1, -0.05) is 6.07 Å². The van der Waals surface area contributed by atoms with Gasteiger partial charge in [0.05, 0.1) is 6.04 Å². The second kappa shape index (κ2) is 10.0. The number of likely N-dealkylation sites (N-methyl/N-ethyl adjacent to an activating group) is 1. The van der Waals surface area contributed by atoms with E-state index in [1.807, 2.05) is 30.3 Å². The van der Waals surface area contributed by atoms with Gasteiger partial charge < -0.3 is 24.6 Å². The molecule has 1 N–H and O–H groups in total. The minimum absolute atomic E-state index is 0.0513. The lowest BCUT2D eigenvalue weighted by atomic mass is 10.0. The number of anilines is 1. The van der Waals surface area contributed by atoms with Crippen LogP contribution in [0.2, 0.25) is 0 Å². The zero-order valence-electron chi connectivity index (χ0n) is 19.6. The van der Waals surface area contributed by atoms with Gasteiger partial charge in [0, 0.05) is 42.9 Å². The molecule has 2 atom stereocenters. The van der Waals surface area contributed by atoms with Gasteiger partial charge in [-0.3, -0.25) is 4.79 Å². The largest absolute Gasteiger partial charge is 0.491 e.